The Bertz CT molecular complexity index is 756. The number of benzene rings is 1. The average molecular weight is 447 g/mol. The summed E-state index contributed by atoms with van der Waals surface area (Å²) in [7, 11) is 0. The third-order valence-corrected chi connectivity index (χ3v) is 8.87. The second-order valence-electron chi connectivity index (χ2n) is 10.8. The molecule has 1 aromatic rings. The van der Waals surface area contributed by atoms with Gasteiger partial charge < -0.3 is 4.74 Å². The molecule has 3 saturated carbocycles. The van der Waals surface area contributed by atoms with E-state index in [2.05, 4.69) is 6.92 Å². The van der Waals surface area contributed by atoms with Gasteiger partial charge in [-0.2, -0.15) is 0 Å². The quantitative estimate of drug-likeness (QED) is 0.240. The van der Waals surface area contributed by atoms with Crippen molar-refractivity contribution < 1.29 is 18.3 Å². The van der Waals surface area contributed by atoms with Crippen molar-refractivity contribution >= 4 is 5.97 Å². The van der Waals surface area contributed by atoms with Crippen molar-refractivity contribution in [3.63, 3.8) is 0 Å². The fourth-order valence-electron chi connectivity index (χ4n) is 7.09. The van der Waals surface area contributed by atoms with E-state index < -0.39 is 11.6 Å². The first-order valence-electron chi connectivity index (χ1n) is 13.2. The molecule has 3 aliphatic rings. The molecule has 0 aliphatic heterocycles. The minimum Gasteiger partial charge on any atom is -0.423 e. The molecule has 0 heterocycles. The predicted molar refractivity (Wildman–Crippen MR) is 123 cm³/mol. The number of hydrogen-bond acceptors (Lipinski definition) is 2. The summed E-state index contributed by atoms with van der Waals surface area (Å²) in [6.07, 6.45) is 17.8. The third kappa shape index (κ3) is 5.72. The number of ether oxygens (including phenoxy) is 1. The summed E-state index contributed by atoms with van der Waals surface area (Å²) in [5.74, 6) is 1.52. The summed E-state index contributed by atoms with van der Waals surface area (Å²) in [6.45, 7) is 2.28. The number of carbonyl (C=O) groups is 1. The Kier molecular flexibility index (Phi) is 8.23. The maximum atomic E-state index is 14.0. The molecule has 3 aliphatic carbocycles. The molecular formula is C28H40F2O2. The molecule has 0 radical (unpaired) electrons. The van der Waals surface area contributed by atoms with E-state index in [1.54, 1.807) is 0 Å². The van der Waals surface area contributed by atoms with Gasteiger partial charge in [0.1, 0.15) is 5.82 Å². The van der Waals surface area contributed by atoms with Gasteiger partial charge in [-0.05, 0) is 80.2 Å². The maximum absolute atomic E-state index is 14.0. The van der Waals surface area contributed by atoms with Crippen LogP contribution in [0.1, 0.15) is 96.8 Å². The van der Waals surface area contributed by atoms with Crippen LogP contribution in [0.25, 0.3) is 0 Å². The zero-order chi connectivity index (χ0) is 22.5. The van der Waals surface area contributed by atoms with Gasteiger partial charge in [-0.1, -0.05) is 58.3 Å². The number of halogens is 2. The molecule has 3 fully saturated rings. The number of rotatable bonds is 7. The lowest BCUT2D eigenvalue weighted by Gasteiger charge is -2.46. The summed E-state index contributed by atoms with van der Waals surface area (Å²) in [6, 6.07) is 3.13. The first-order chi connectivity index (χ1) is 15.5. The van der Waals surface area contributed by atoms with E-state index in [-0.39, 0.29) is 17.6 Å². The Hall–Kier alpha value is -1.45. The number of unbranched alkanes of at least 4 members (excludes halogenated alkanes) is 2. The number of esters is 1. The van der Waals surface area contributed by atoms with Crippen molar-refractivity contribution in [3.8, 4) is 5.75 Å². The second-order valence-corrected chi connectivity index (χ2v) is 10.8. The van der Waals surface area contributed by atoms with Crippen molar-refractivity contribution in [1.82, 2.24) is 0 Å². The normalized spacial score (nSPS) is 32.8. The molecule has 4 unspecified atom stereocenters. The van der Waals surface area contributed by atoms with E-state index in [9.17, 15) is 13.6 Å². The van der Waals surface area contributed by atoms with Crippen molar-refractivity contribution in [2.75, 3.05) is 0 Å². The Balaban J connectivity index is 1.29. The van der Waals surface area contributed by atoms with Crippen molar-refractivity contribution in [2.24, 2.45) is 35.5 Å². The van der Waals surface area contributed by atoms with Crippen LogP contribution in [-0.4, -0.2) is 5.97 Å². The molecule has 0 bridgehead atoms. The molecule has 4 rings (SSSR count). The summed E-state index contributed by atoms with van der Waals surface area (Å²) in [5, 5.41) is 0. The van der Waals surface area contributed by atoms with Gasteiger partial charge in [-0.15, -0.1) is 0 Å². The van der Waals surface area contributed by atoms with E-state index in [4.69, 9.17) is 4.74 Å². The lowest BCUT2D eigenvalue weighted by atomic mass is 9.59. The van der Waals surface area contributed by atoms with Gasteiger partial charge in [-0.25, -0.2) is 8.78 Å². The minimum atomic E-state index is -0.806. The Morgan fingerprint density at radius 3 is 2.47 bits per heavy atom. The van der Waals surface area contributed by atoms with E-state index >= 15 is 0 Å². The van der Waals surface area contributed by atoms with Gasteiger partial charge in [0.2, 0.25) is 0 Å². The van der Waals surface area contributed by atoms with Gasteiger partial charge >= 0.3 is 5.97 Å². The lowest BCUT2D eigenvalue weighted by molar-refractivity contribution is -0.144. The Morgan fingerprint density at radius 1 is 0.938 bits per heavy atom. The highest BCUT2D eigenvalue weighted by atomic mass is 19.1. The SMILES string of the molecule is CCCCCC1CCC(C2CCC3C(CCCC3C(=O)Oc3ccc(F)cc3F)C2)CC1. The van der Waals surface area contributed by atoms with Gasteiger partial charge in [-0.3, -0.25) is 4.79 Å². The largest absolute Gasteiger partial charge is 0.423 e. The highest BCUT2D eigenvalue weighted by Crippen LogP contribution is 2.50. The molecule has 2 nitrogen and oxygen atoms in total. The van der Waals surface area contributed by atoms with Crippen molar-refractivity contribution in [3.05, 3.63) is 29.8 Å². The highest BCUT2D eigenvalue weighted by Gasteiger charge is 2.43. The van der Waals surface area contributed by atoms with E-state index in [0.717, 1.165) is 49.1 Å². The summed E-state index contributed by atoms with van der Waals surface area (Å²) >= 11 is 0. The average Bonchev–Trinajstić information content (AvgIpc) is 2.80. The van der Waals surface area contributed by atoms with Crippen LogP contribution in [0.2, 0.25) is 0 Å². The standard InChI is InChI=1S/C28H40F2O2/c1-2-3-4-6-19-9-11-20(12-10-19)21-13-15-24-22(17-21)7-5-8-25(24)28(31)32-27-16-14-23(29)18-26(27)30/h14,16,18-22,24-25H,2-13,15,17H2,1H3. The lowest BCUT2D eigenvalue weighted by Crippen LogP contribution is -2.40. The molecule has 0 N–H and O–H groups in total. The van der Waals surface area contributed by atoms with E-state index in [1.807, 2.05) is 0 Å². The zero-order valence-electron chi connectivity index (χ0n) is 19.7. The topological polar surface area (TPSA) is 26.3 Å². The first-order valence-corrected chi connectivity index (χ1v) is 13.2. The van der Waals surface area contributed by atoms with Crippen LogP contribution in [0.15, 0.2) is 18.2 Å². The third-order valence-electron chi connectivity index (χ3n) is 8.87. The summed E-state index contributed by atoms with van der Waals surface area (Å²) < 4.78 is 32.5. The molecule has 0 saturated heterocycles. The Morgan fingerprint density at radius 2 is 1.72 bits per heavy atom. The number of hydrogen-bond donors (Lipinski definition) is 0. The zero-order valence-corrected chi connectivity index (χ0v) is 19.7. The highest BCUT2D eigenvalue weighted by molar-refractivity contribution is 5.75. The molecule has 4 atom stereocenters. The van der Waals surface area contributed by atoms with Gasteiger partial charge in [0.25, 0.3) is 0 Å². The fourth-order valence-corrected chi connectivity index (χ4v) is 7.09. The van der Waals surface area contributed by atoms with Crippen LogP contribution in [-0.2, 0) is 4.79 Å². The molecule has 178 valence electrons. The molecule has 0 aromatic heterocycles. The van der Waals surface area contributed by atoms with Crippen LogP contribution in [0.3, 0.4) is 0 Å². The van der Waals surface area contributed by atoms with Crippen molar-refractivity contribution in [2.45, 2.75) is 96.8 Å². The number of fused-ring (bicyclic) bond motifs is 1. The molecule has 32 heavy (non-hydrogen) atoms. The summed E-state index contributed by atoms with van der Waals surface area (Å²) in [4.78, 5) is 12.9. The summed E-state index contributed by atoms with van der Waals surface area (Å²) in [5.41, 5.74) is 0. The molecule has 0 amide bonds. The second kappa shape index (κ2) is 11.1. The minimum absolute atomic E-state index is 0.145. The van der Waals surface area contributed by atoms with Crippen LogP contribution in [0.5, 0.6) is 5.75 Å². The molecule has 1 aromatic carbocycles. The number of carbonyl (C=O) groups excluding carboxylic acids is 1. The van der Waals surface area contributed by atoms with Crippen LogP contribution >= 0.6 is 0 Å². The first kappa shape index (κ1) is 23.7. The van der Waals surface area contributed by atoms with Gasteiger partial charge in [0.05, 0.1) is 5.92 Å². The Labute approximate surface area is 192 Å². The smallest absolute Gasteiger partial charge is 0.314 e. The van der Waals surface area contributed by atoms with Crippen LogP contribution in [0, 0.1) is 47.1 Å². The fraction of sp³-hybridized carbons (Fsp3) is 0.750. The van der Waals surface area contributed by atoms with Crippen LogP contribution in [0.4, 0.5) is 8.78 Å². The van der Waals surface area contributed by atoms with Gasteiger partial charge in [0.15, 0.2) is 11.6 Å². The molecule has 4 heteroatoms. The molecular weight excluding hydrogens is 406 g/mol. The maximum Gasteiger partial charge on any atom is 0.314 e. The van der Waals surface area contributed by atoms with E-state index in [0.29, 0.717) is 11.8 Å². The van der Waals surface area contributed by atoms with Gasteiger partial charge in [0, 0.05) is 6.07 Å². The van der Waals surface area contributed by atoms with E-state index in [1.165, 1.54) is 76.7 Å². The van der Waals surface area contributed by atoms with Crippen molar-refractivity contribution in [1.29, 1.82) is 0 Å². The monoisotopic (exact) mass is 446 g/mol. The van der Waals surface area contributed by atoms with Crippen LogP contribution < -0.4 is 4.74 Å². The predicted octanol–water partition coefficient (Wildman–Crippen LogP) is 8.09. The molecule has 0 spiro atoms.